The number of carbonyl (C=O) groups excluding carboxylic acids is 1. The minimum Gasteiger partial charge on any atom is -0.456 e. The SMILES string of the molecule is CCN(CC)c1ccc2c(c1)Oc1cc(-c3ccccc3)c(N(c3ccc(C)cc3)c3ccc(C)cc3)cc1C21OC(=O)c2ccccc21. The zero-order valence-electron chi connectivity index (χ0n) is 28.2. The molecule has 2 heterocycles. The van der Waals surface area contributed by atoms with E-state index in [-0.39, 0.29) is 5.97 Å². The summed E-state index contributed by atoms with van der Waals surface area (Å²) in [6.07, 6.45) is 0. The first-order valence-corrected chi connectivity index (χ1v) is 17.0. The van der Waals surface area contributed by atoms with Crippen molar-refractivity contribution in [3.8, 4) is 22.6 Å². The highest BCUT2D eigenvalue weighted by Gasteiger charge is 2.54. The normalized spacial score (nSPS) is 15.6. The smallest absolute Gasteiger partial charge is 0.340 e. The van der Waals surface area contributed by atoms with Gasteiger partial charge in [-0.2, -0.15) is 0 Å². The summed E-state index contributed by atoms with van der Waals surface area (Å²) in [6, 6.07) is 45.9. The van der Waals surface area contributed by atoms with E-state index in [1.165, 1.54) is 11.1 Å². The lowest BCUT2D eigenvalue weighted by Gasteiger charge is -2.39. The van der Waals surface area contributed by atoms with Gasteiger partial charge in [0.2, 0.25) is 0 Å². The number of benzene rings is 6. The molecule has 2 aliphatic rings. The van der Waals surface area contributed by atoms with Crippen molar-refractivity contribution >= 4 is 28.7 Å². The molecule has 0 amide bonds. The number of hydrogen-bond donors (Lipinski definition) is 0. The maximum Gasteiger partial charge on any atom is 0.340 e. The van der Waals surface area contributed by atoms with Gasteiger partial charge in [0.15, 0.2) is 5.60 Å². The highest BCUT2D eigenvalue weighted by Crippen LogP contribution is 2.59. The van der Waals surface area contributed by atoms with E-state index in [1.807, 2.05) is 30.3 Å². The molecule has 0 saturated carbocycles. The lowest BCUT2D eigenvalue weighted by molar-refractivity contribution is 0.0224. The van der Waals surface area contributed by atoms with Crippen LogP contribution in [0, 0.1) is 13.8 Å². The van der Waals surface area contributed by atoms with Crippen molar-refractivity contribution in [1.29, 1.82) is 0 Å². The Labute approximate surface area is 288 Å². The van der Waals surface area contributed by atoms with Crippen LogP contribution >= 0.6 is 0 Å². The van der Waals surface area contributed by atoms with Crippen LogP contribution in [-0.4, -0.2) is 19.1 Å². The standard InChI is InChI=1S/C44H38N2O3/c1-5-45(6-2)34-24-25-38-41(26-34)48-42-27-36(31-12-8-7-9-13-31)40(28-39(42)44(38)37-15-11-10-14-35(37)43(47)49-44)46(32-20-16-29(3)17-21-32)33-22-18-30(4)19-23-33/h7-28H,5-6H2,1-4H3. The van der Waals surface area contributed by atoms with Crippen LogP contribution in [0.2, 0.25) is 0 Å². The Morgan fingerprint density at radius 1 is 0.571 bits per heavy atom. The molecule has 1 unspecified atom stereocenters. The Morgan fingerprint density at radius 2 is 1.16 bits per heavy atom. The molecular weight excluding hydrogens is 604 g/mol. The molecule has 0 aliphatic carbocycles. The van der Waals surface area contributed by atoms with Crippen LogP contribution in [0.25, 0.3) is 11.1 Å². The van der Waals surface area contributed by atoms with Crippen molar-refractivity contribution in [2.45, 2.75) is 33.3 Å². The molecule has 1 spiro atoms. The summed E-state index contributed by atoms with van der Waals surface area (Å²) >= 11 is 0. The highest BCUT2D eigenvalue weighted by atomic mass is 16.6. The number of esters is 1. The van der Waals surface area contributed by atoms with Crippen molar-refractivity contribution in [3.05, 3.63) is 167 Å². The zero-order chi connectivity index (χ0) is 33.7. The average Bonchev–Trinajstić information content (AvgIpc) is 3.43. The number of aryl methyl sites for hydroxylation is 2. The third kappa shape index (κ3) is 4.96. The second-order valence-electron chi connectivity index (χ2n) is 12.8. The van der Waals surface area contributed by atoms with E-state index >= 15 is 0 Å². The van der Waals surface area contributed by atoms with E-state index in [9.17, 15) is 4.79 Å². The number of ether oxygens (including phenoxy) is 2. The first-order chi connectivity index (χ1) is 23.9. The Balaban J connectivity index is 1.45. The topological polar surface area (TPSA) is 42.0 Å². The highest BCUT2D eigenvalue weighted by molar-refractivity contribution is 5.98. The van der Waals surface area contributed by atoms with Gasteiger partial charge >= 0.3 is 5.97 Å². The van der Waals surface area contributed by atoms with Gasteiger partial charge in [-0.3, -0.25) is 0 Å². The van der Waals surface area contributed by atoms with Gasteiger partial charge in [-0.25, -0.2) is 4.79 Å². The summed E-state index contributed by atoms with van der Waals surface area (Å²) in [6.45, 7) is 10.2. The summed E-state index contributed by atoms with van der Waals surface area (Å²) in [7, 11) is 0. The van der Waals surface area contributed by atoms with Gasteiger partial charge in [-0.05, 0) is 87.9 Å². The van der Waals surface area contributed by atoms with Crippen LogP contribution in [0.15, 0.2) is 133 Å². The fraction of sp³-hybridized carbons (Fsp3) is 0.159. The molecule has 6 aromatic carbocycles. The molecule has 0 saturated heterocycles. The maximum atomic E-state index is 13.8. The van der Waals surface area contributed by atoms with E-state index in [1.54, 1.807) is 0 Å². The number of fused-ring (bicyclic) bond motifs is 6. The van der Waals surface area contributed by atoms with Crippen LogP contribution in [0.3, 0.4) is 0 Å². The maximum absolute atomic E-state index is 13.8. The van der Waals surface area contributed by atoms with Crippen molar-refractivity contribution in [2.75, 3.05) is 22.9 Å². The van der Waals surface area contributed by atoms with Gasteiger partial charge in [-0.15, -0.1) is 0 Å². The number of nitrogens with zero attached hydrogens (tertiary/aromatic N) is 2. The van der Waals surface area contributed by atoms with Crippen molar-refractivity contribution in [3.63, 3.8) is 0 Å². The first-order valence-electron chi connectivity index (χ1n) is 17.0. The number of rotatable bonds is 7. The molecule has 1 atom stereocenters. The van der Waals surface area contributed by atoms with Crippen LogP contribution in [-0.2, 0) is 10.3 Å². The van der Waals surface area contributed by atoms with Gasteiger partial charge in [0.25, 0.3) is 0 Å². The number of hydrogen-bond acceptors (Lipinski definition) is 5. The van der Waals surface area contributed by atoms with E-state index in [4.69, 9.17) is 9.47 Å². The fourth-order valence-electron chi connectivity index (χ4n) is 7.33. The Bertz CT molecular complexity index is 2140. The molecular formula is C44H38N2O3. The van der Waals surface area contributed by atoms with Crippen LogP contribution in [0.5, 0.6) is 11.5 Å². The Hall–Kier alpha value is -5.81. The largest absolute Gasteiger partial charge is 0.456 e. The van der Waals surface area contributed by atoms with E-state index in [2.05, 4.69) is 141 Å². The van der Waals surface area contributed by atoms with Crippen molar-refractivity contribution in [2.24, 2.45) is 0 Å². The summed E-state index contributed by atoms with van der Waals surface area (Å²) in [5.41, 5.74) is 10.2. The molecule has 5 heteroatoms. The van der Waals surface area contributed by atoms with Gasteiger partial charge in [0, 0.05) is 58.5 Å². The quantitative estimate of drug-likeness (QED) is 0.162. The Morgan fingerprint density at radius 3 is 1.82 bits per heavy atom. The third-order valence-electron chi connectivity index (χ3n) is 9.85. The zero-order valence-corrected chi connectivity index (χ0v) is 28.2. The second-order valence-corrected chi connectivity index (χ2v) is 12.8. The van der Waals surface area contributed by atoms with Gasteiger partial charge in [-0.1, -0.05) is 83.9 Å². The molecule has 0 N–H and O–H groups in total. The van der Waals surface area contributed by atoms with Gasteiger partial charge < -0.3 is 19.3 Å². The molecule has 5 nitrogen and oxygen atoms in total. The monoisotopic (exact) mass is 642 g/mol. The van der Waals surface area contributed by atoms with Crippen LogP contribution in [0.4, 0.5) is 22.7 Å². The number of carbonyl (C=O) groups is 1. The molecule has 242 valence electrons. The average molecular weight is 643 g/mol. The minimum absolute atomic E-state index is 0.343. The predicted molar refractivity (Wildman–Crippen MR) is 198 cm³/mol. The molecule has 8 rings (SSSR count). The first kappa shape index (κ1) is 30.5. The third-order valence-corrected chi connectivity index (χ3v) is 9.85. The Kier molecular flexibility index (Phi) is 7.48. The molecule has 0 radical (unpaired) electrons. The molecule has 0 bridgehead atoms. The fourth-order valence-corrected chi connectivity index (χ4v) is 7.33. The summed E-state index contributed by atoms with van der Waals surface area (Å²) < 4.78 is 13.5. The minimum atomic E-state index is -1.20. The molecule has 6 aromatic rings. The summed E-state index contributed by atoms with van der Waals surface area (Å²) in [4.78, 5) is 18.3. The van der Waals surface area contributed by atoms with Gasteiger partial charge in [0.05, 0.1) is 11.3 Å². The van der Waals surface area contributed by atoms with E-state index in [0.29, 0.717) is 17.1 Å². The van der Waals surface area contributed by atoms with Crippen LogP contribution < -0.4 is 14.5 Å². The van der Waals surface area contributed by atoms with E-state index < -0.39 is 5.60 Å². The lowest BCUT2D eigenvalue weighted by atomic mass is 9.76. The molecule has 2 aliphatic heterocycles. The predicted octanol–water partition coefficient (Wildman–Crippen LogP) is 10.9. The second kappa shape index (κ2) is 12.0. The van der Waals surface area contributed by atoms with Crippen LogP contribution in [0.1, 0.15) is 52.0 Å². The van der Waals surface area contributed by atoms with Crippen molar-refractivity contribution < 1.29 is 14.3 Å². The van der Waals surface area contributed by atoms with Crippen molar-refractivity contribution in [1.82, 2.24) is 0 Å². The summed E-state index contributed by atoms with van der Waals surface area (Å²) in [5.74, 6) is 0.996. The van der Waals surface area contributed by atoms with Gasteiger partial charge in [0.1, 0.15) is 11.5 Å². The summed E-state index contributed by atoms with van der Waals surface area (Å²) in [5, 5.41) is 0. The molecule has 0 aromatic heterocycles. The lowest BCUT2D eigenvalue weighted by Crippen LogP contribution is -2.33. The molecule has 0 fully saturated rings. The number of anilines is 4. The van der Waals surface area contributed by atoms with E-state index in [0.717, 1.165) is 63.7 Å². The molecule has 49 heavy (non-hydrogen) atoms.